The molecule has 1 fully saturated rings. The number of halogens is 1. The number of imidazole rings is 1. The number of benzene rings is 1. The lowest BCUT2D eigenvalue weighted by Crippen LogP contribution is -2.50. The highest BCUT2D eigenvalue weighted by Crippen LogP contribution is 2.13. The summed E-state index contributed by atoms with van der Waals surface area (Å²) in [5, 5.41) is 0. The fourth-order valence-electron chi connectivity index (χ4n) is 3.14. The van der Waals surface area contributed by atoms with Gasteiger partial charge in [-0.15, -0.1) is 0 Å². The van der Waals surface area contributed by atoms with E-state index in [4.69, 9.17) is 0 Å². The minimum atomic E-state index is -0.434. The Morgan fingerprint density at radius 1 is 1.15 bits per heavy atom. The number of hydrogen-bond acceptors (Lipinski definition) is 5. The van der Waals surface area contributed by atoms with Gasteiger partial charge in [-0.3, -0.25) is 9.36 Å². The molecular formula is C17H17FN6O2. The van der Waals surface area contributed by atoms with Crippen LogP contribution in [-0.2, 0) is 11.3 Å². The highest BCUT2D eigenvalue weighted by Gasteiger charge is 2.23. The predicted octanol–water partition coefficient (Wildman–Crippen LogP) is 0.607. The number of piperazine rings is 1. The number of hydrogen-bond donors (Lipinski definition) is 1. The van der Waals surface area contributed by atoms with Crippen molar-refractivity contribution in [3.05, 3.63) is 53.0 Å². The molecule has 1 amide bonds. The first kappa shape index (κ1) is 16.2. The van der Waals surface area contributed by atoms with Crippen LogP contribution in [0.3, 0.4) is 0 Å². The van der Waals surface area contributed by atoms with Gasteiger partial charge in [0, 0.05) is 38.6 Å². The molecule has 0 saturated carbocycles. The number of H-pyrrole nitrogens is 1. The van der Waals surface area contributed by atoms with Crippen molar-refractivity contribution < 1.29 is 9.18 Å². The summed E-state index contributed by atoms with van der Waals surface area (Å²) in [5.41, 5.74) is 0.477. The number of aromatic amines is 1. The molecule has 1 aromatic carbocycles. The third-order valence-electron chi connectivity index (χ3n) is 4.50. The van der Waals surface area contributed by atoms with Crippen LogP contribution in [-0.4, -0.2) is 56.5 Å². The van der Waals surface area contributed by atoms with Gasteiger partial charge in [-0.05, 0) is 24.3 Å². The Bertz CT molecular complexity index is 991. The van der Waals surface area contributed by atoms with Gasteiger partial charge in [0.1, 0.15) is 12.4 Å². The standard InChI is InChI=1S/C17H17FN6O2/c18-12-2-3-14-13(10-12)21-17(26)24(14)11-15(25)22-6-8-23(9-7-22)16-19-4-1-5-20-16/h1-5,10H,6-9,11H2,(H,21,26). The maximum Gasteiger partial charge on any atom is 0.326 e. The number of anilines is 1. The maximum absolute atomic E-state index is 13.3. The number of carbonyl (C=O) groups is 1. The van der Waals surface area contributed by atoms with Crippen LogP contribution in [0.5, 0.6) is 0 Å². The van der Waals surface area contributed by atoms with Crippen LogP contribution in [0.15, 0.2) is 41.5 Å². The number of aromatic nitrogens is 4. The predicted molar refractivity (Wildman–Crippen MR) is 93.3 cm³/mol. The van der Waals surface area contributed by atoms with Gasteiger partial charge in [0.2, 0.25) is 11.9 Å². The molecule has 1 aliphatic heterocycles. The Hall–Kier alpha value is -3.23. The van der Waals surface area contributed by atoms with Gasteiger partial charge < -0.3 is 14.8 Å². The van der Waals surface area contributed by atoms with E-state index in [1.54, 1.807) is 23.4 Å². The molecule has 1 N–H and O–H groups in total. The molecule has 9 heteroatoms. The number of rotatable bonds is 3. The molecule has 0 spiro atoms. The van der Waals surface area contributed by atoms with Crippen molar-refractivity contribution in [3.63, 3.8) is 0 Å². The van der Waals surface area contributed by atoms with Gasteiger partial charge >= 0.3 is 5.69 Å². The molecule has 1 aliphatic rings. The van der Waals surface area contributed by atoms with E-state index in [2.05, 4.69) is 15.0 Å². The molecule has 26 heavy (non-hydrogen) atoms. The minimum Gasteiger partial charge on any atom is -0.338 e. The Morgan fingerprint density at radius 3 is 2.62 bits per heavy atom. The number of fused-ring (bicyclic) bond motifs is 1. The van der Waals surface area contributed by atoms with E-state index in [1.165, 1.54) is 22.8 Å². The summed E-state index contributed by atoms with van der Waals surface area (Å²) in [6.07, 6.45) is 3.37. The summed E-state index contributed by atoms with van der Waals surface area (Å²) in [6, 6.07) is 5.78. The molecule has 0 atom stereocenters. The van der Waals surface area contributed by atoms with E-state index in [0.29, 0.717) is 43.2 Å². The van der Waals surface area contributed by atoms with Crippen molar-refractivity contribution in [2.75, 3.05) is 31.1 Å². The van der Waals surface area contributed by atoms with Crippen LogP contribution < -0.4 is 10.6 Å². The summed E-state index contributed by atoms with van der Waals surface area (Å²) in [7, 11) is 0. The second-order valence-electron chi connectivity index (χ2n) is 6.09. The molecule has 0 radical (unpaired) electrons. The summed E-state index contributed by atoms with van der Waals surface area (Å²) in [6.45, 7) is 2.24. The second-order valence-corrected chi connectivity index (χ2v) is 6.09. The fourth-order valence-corrected chi connectivity index (χ4v) is 3.14. The molecule has 0 unspecified atom stereocenters. The van der Waals surface area contributed by atoms with Crippen molar-refractivity contribution in [2.24, 2.45) is 0 Å². The summed E-state index contributed by atoms with van der Waals surface area (Å²) in [4.78, 5) is 39.4. The first-order valence-electron chi connectivity index (χ1n) is 8.29. The summed E-state index contributed by atoms with van der Waals surface area (Å²) in [5.74, 6) is 0.0666. The van der Waals surface area contributed by atoms with Crippen molar-refractivity contribution in [1.29, 1.82) is 0 Å². The van der Waals surface area contributed by atoms with Crippen LogP contribution in [0.1, 0.15) is 0 Å². The van der Waals surface area contributed by atoms with E-state index in [9.17, 15) is 14.0 Å². The van der Waals surface area contributed by atoms with Gasteiger partial charge in [0.25, 0.3) is 0 Å². The zero-order chi connectivity index (χ0) is 18.1. The second kappa shape index (κ2) is 6.58. The number of carbonyl (C=O) groups excluding carboxylic acids is 1. The molecule has 134 valence electrons. The third-order valence-corrected chi connectivity index (χ3v) is 4.50. The lowest BCUT2D eigenvalue weighted by molar-refractivity contribution is -0.132. The van der Waals surface area contributed by atoms with Crippen LogP contribution in [0.25, 0.3) is 11.0 Å². The molecule has 2 aromatic heterocycles. The zero-order valence-corrected chi connectivity index (χ0v) is 13.9. The number of nitrogens with zero attached hydrogens (tertiary/aromatic N) is 5. The largest absolute Gasteiger partial charge is 0.338 e. The third kappa shape index (κ3) is 3.03. The molecule has 0 bridgehead atoms. The summed E-state index contributed by atoms with van der Waals surface area (Å²) < 4.78 is 14.6. The quantitative estimate of drug-likeness (QED) is 0.743. The highest BCUT2D eigenvalue weighted by atomic mass is 19.1. The average Bonchev–Trinajstić information content (AvgIpc) is 2.97. The van der Waals surface area contributed by atoms with Gasteiger partial charge in [0.05, 0.1) is 11.0 Å². The molecule has 1 saturated heterocycles. The summed E-state index contributed by atoms with van der Waals surface area (Å²) >= 11 is 0. The molecule has 8 nitrogen and oxygen atoms in total. The Kier molecular flexibility index (Phi) is 4.11. The topological polar surface area (TPSA) is 87.1 Å². The van der Waals surface area contributed by atoms with E-state index >= 15 is 0 Å². The molecule has 0 aliphatic carbocycles. The van der Waals surface area contributed by atoms with Gasteiger partial charge in [-0.2, -0.15) is 0 Å². The molecule has 3 aromatic rings. The lowest BCUT2D eigenvalue weighted by atomic mass is 10.3. The lowest BCUT2D eigenvalue weighted by Gasteiger charge is -2.34. The smallest absolute Gasteiger partial charge is 0.326 e. The van der Waals surface area contributed by atoms with Crippen molar-refractivity contribution in [2.45, 2.75) is 6.54 Å². The van der Waals surface area contributed by atoms with Crippen molar-refractivity contribution in [1.82, 2.24) is 24.4 Å². The van der Waals surface area contributed by atoms with E-state index in [0.717, 1.165) is 0 Å². The molecule has 4 rings (SSSR count). The van der Waals surface area contributed by atoms with E-state index < -0.39 is 11.5 Å². The number of amides is 1. The van der Waals surface area contributed by atoms with Crippen molar-refractivity contribution >= 4 is 22.9 Å². The average molecular weight is 356 g/mol. The normalized spacial score (nSPS) is 14.8. The Balaban J connectivity index is 1.45. The Morgan fingerprint density at radius 2 is 1.88 bits per heavy atom. The van der Waals surface area contributed by atoms with Gasteiger partial charge in [0.15, 0.2) is 0 Å². The van der Waals surface area contributed by atoms with E-state index in [-0.39, 0.29) is 12.5 Å². The van der Waals surface area contributed by atoms with Crippen LogP contribution in [0.2, 0.25) is 0 Å². The Labute approximate surface area is 147 Å². The van der Waals surface area contributed by atoms with Crippen LogP contribution >= 0.6 is 0 Å². The first-order chi connectivity index (χ1) is 12.6. The first-order valence-corrected chi connectivity index (χ1v) is 8.29. The van der Waals surface area contributed by atoms with Gasteiger partial charge in [-0.25, -0.2) is 19.2 Å². The SMILES string of the molecule is O=C(Cn1c(=O)[nH]c2cc(F)ccc21)N1CCN(c2ncccn2)CC1. The minimum absolute atomic E-state index is 0.0771. The fraction of sp³-hybridized carbons (Fsp3) is 0.294. The highest BCUT2D eigenvalue weighted by molar-refractivity contribution is 5.80. The van der Waals surface area contributed by atoms with Crippen LogP contribution in [0, 0.1) is 5.82 Å². The molecular weight excluding hydrogens is 339 g/mol. The monoisotopic (exact) mass is 356 g/mol. The zero-order valence-electron chi connectivity index (χ0n) is 13.9. The maximum atomic E-state index is 13.3. The molecule has 3 heterocycles. The van der Waals surface area contributed by atoms with E-state index in [1.807, 2.05) is 4.90 Å². The number of nitrogens with one attached hydrogen (secondary N) is 1. The van der Waals surface area contributed by atoms with Crippen LogP contribution in [0.4, 0.5) is 10.3 Å². The van der Waals surface area contributed by atoms with Gasteiger partial charge in [-0.1, -0.05) is 0 Å². The van der Waals surface area contributed by atoms with Crippen molar-refractivity contribution in [3.8, 4) is 0 Å².